The van der Waals surface area contributed by atoms with E-state index in [9.17, 15) is 0 Å². The molecule has 2 aromatic carbocycles. The third-order valence-electron chi connectivity index (χ3n) is 4.88. The Kier molecular flexibility index (Phi) is 4.25. The normalized spacial score (nSPS) is 20.5. The van der Waals surface area contributed by atoms with Crippen LogP contribution >= 0.6 is 31.9 Å². The topological polar surface area (TPSA) is 37.7 Å². The summed E-state index contributed by atoms with van der Waals surface area (Å²) in [6.07, 6.45) is 4.14. The lowest BCUT2D eigenvalue weighted by Gasteiger charge is -2.38. The molecule has 5 rings (SSSR count). The van der Waals surface area contributed by atoms with Crippen LogP contribution in [0.1, 0.15) is 35.4 Å². The molecule has 0 N–H and O–H groups in total. The van der Waals surface area contributed by atoms with Crippen LogP contribution < -0.4 is 4.74 Å². The Morgan fingerprint density at radius 2 is 1.89 bits per heavy atom. The highest BCUT2D eigenvalue weighted by Crippen LogP contribution is 2.50. The van der Waals surface area contributed by atoms with E-state index < -0.39 is 0 Å². The highest BCUT2D eigenvalue weighted by atomic mass is 79.9. The number of rotatable bonds is 2. The van der Waals surface area contributed by atoms with Crippen LogP contribution in [0.15, 0.2) is 81.0 Å². The summed E-state index contributed by atoms with van der Waals surface area (Å²) in [6, 6.07) is 18.5. The van der Waals surface area contributed by atoms with Gasteiger partial charge in [0.15, 0.2) is 0 Å². The molecule has 0 unspecified atom stereocenters. The first-order valence-electron chi connectivity index (χ1n) is 8.67. The first kappa shape index (κ1) is 17.0. The van der Waals surface area contributed by atoms with Crippen molar-refractivity contribution in [3.8, 4) is 5.75 Å². The highest BCUT2D eigenvalue weighted by molar-refractivity contribution is 9.11. The van der Waals surface area contributed by atoms with Crippen molar-refractivity contribution in [3.05, 3.63) is 92.6 Å². The van der Waals surface area contributed by atoms with E-state index in [1.54, 1.807) is 6.20 Å². The maximum absolute atomic E-state index is 6.41. The third kappa shape index (κ3) is 2.97. The molecule has 2 aliphatic heterocycles. The second-order valence-electron chi connectivity index (χ2n) is 6.58. The molecule has 1 aromatic heterocycles. The van der Waals surface area contributed by atoms with Gasteiger partial charge >= 0.3 is 0 Å². The van der Waals surface area contributed by atoms with Crippen LogP contribution in [-0.4, -0.2) is 15.7 Å². The van der Waals surface area contributed by atoms with Crippen LogP contribution in [-0.2, 0) is 0 Å². The van der Waals surface area contributed by atoms with Gasteiger partial charge in [0.2, 0.25) is 6.23 Å². The third-order valence-corrected chi connectivity index (χ3v) is 5.93. The van der Waals surface area contributed by atoms with Crippen molar-refractivity contribution in [3.63, 3.8) is 0 Å². The van der Waals surface area contributed by atoms with Gasteiger partial charge in [0.05, 0.1) is 16.2 Å². The molecule has 27 heavy (non-hydrogen) atoms. The molecule has 3 aromatic rings. The number of hydrazone groups is 1. The first-order chi connectivity index (χ1) is 13.2. The second kappa shape index (κ2) is 6.77. The lowest BCUT2D eigenvalue weighted by molar-refractivity contribution is -0.0199. The van der Waals surface area contributed by atoms with E-state index in [4.69, 9.17) is 9.84 Å². The minimum Gasteiger partial charge on any atom is -0.463 e. The van der Waals surface area contributed by atoms with E-state index in [1.165, 1.54) is 0 Å². The molecular formula is C21H15Br2N3O. The number of nitrogens with zero attached hydrogens (tertiary/aromatic N) is 3. The summed E-state index contributed by atoms with van der Waals surface area (Å²) in [6.45, 7) is 0. The number of benzene rings is 2. The number of halogens is 2. The molecule has 0 radical (unpaired) electrons. The molecule has 2 atom stereocenters. The summed E-state index contributed by atoms with van der Waals surface area (Å²) in [4.78, 5) is 4.27. The van der Waals surface area contributed by atoms with Gasteiger partial charge < -0.3 is 4.74 Å². The summed E-state index contributed by atoms with van der Waals surface area (Å²) >= 11 is 7.27. The molecule has 4 nitrogen and oxygen atoms in total. The van der Waals surface area contributed by atoms with E-state index in [0.717, 1.165) is 43.5 Å². The summed E-state index contributed by atoms with van der Waals surface area (Å²) in [7, 11) is 0. The molecule has 134 valence electrons. The molecule has 0 amide bonds. The van der Waals surface area contributed by atoms with E-state index in [2.05, 4.69) is 60.1 Å². The fourth-order valence-corrected chi connectivity index (χ4v) is 5.01. The molecule has 0 spiro atoms. The fourth-order valence-electron chi connectivity index (χ4n) is 3.66. The van der Waals surface area contributed by atoms with Crippen molar-refractivity contribution >= 4 is 37.6 Å². The monoisotopic (exact) mass is 483 g/mol. The summed E-state index contributed by atoms with van der Waals surface area (Å²) in [5.74, 6) is 0.873. The Balaban J connectivity index is 1.64. The average molecular weight is 485 g/mol. The summed E-state index contributed by atoms with van der Waals surface area (Å²) < 4.78 is 8.37. The Morgan fingerprint density at radius 1 is 1.04 bits per heavy atom. The van der Waals surface area contributed by atoms with Gasteiger partial charge in [0.25, 0.3) is 0 Å². The molecule has 3 heterocycles. The fraction of sp³-hybridized carbons (Fsp3) is 0.143. The van der Waals surface area contributed by atoms with E-state index >= 15 is 0 Å². The number of ether oxygens (including phenoxy) is 1. The smallest absolute Gasteiger partial charge is 0.215 e. The van der Waals surface area contributed by atoms with Gasteiger partial charge in [-0.3, -0.25) is 4.98 Å². The van der Waals surface area contributed by atoms with Gasteiger partial charge in [-0.2, -0.15) is 5.10 Å². The van der Waals surface area contributed by atoms with Gasteiger partial charge in [-0.05, 0) is 39.7 Å². The van der Waals surface area contributed by atoms with Crippen molar-refractivity contribution in [2.75, 3.05) is 0 Å². The van der Waals surface area contributed by atoms with E-state index in [-0.39, 0.29) is 12.3 Å². The number of hydrogen-bond donors (Lipinski definition) is 0. The van der Waals surface area contributed by atoms with Crippen LogP contribution in [0.3, 0.4) is 0 Å². The van der Waals surface area contributed by atoms with Gasteiger partial charge in [-0.15, -0.1) is 0 Å². The summed E-state index contributed by atoms with van der Waals surface area (Å²) in [5, 5.41) is 7.03. The Labute approximate surface area is 174 Å². The van der Waals surface area contributed by atoms with Crippen molar-refractivity contribution < 1.29 is 4.74 Å². The Bertz CT molecular complexity index is 1020. The van der Waals surface area contributed by atoms with Gasteiger partial charge in [-0.25, -0.2) is 5.01 Å². The predicted molar refractivity (Wildman–Crippen MR) is 112 cm³/mol. The first-order valence-corrected chi connectivity index (χ1v) is 10.3. The Morgan fingerprint density at radius 3 is 2.67 bits per heavy atom. The second-order valence-corrected chi connectivity index (χ2v) is 8.35. The highest BCUT2D eigenvalue weighted by Gasteiger charge is 2.42. The maximum Gasteiger partial charge on any atom is 0.215 e. The van der Waals surface area contributed by atoms with E-state index in [1.807, 2.05) is 42.6 Å². The SMILES string of the molecule is Brc1cc(Br)c2c(c1)[C@@H]1CC(c3ccccc3)=NN1[C@@H](c1cccnc1)O2. The van der Waals surface area contributed by atoms with Crippen LogP contribution in [0.2, 0.25) is 0 Å². The Hall–Kier alpha value is -2.18. The standard InChI is InChI=1S/C21H15Br2N3O/c22-15-9-16-19-11-18(13-5-2-1-3-6-13)25-26(19)21(14-7-4-8-24-12-14)27-20(16)17(23)10-15/h1-10,12,19,21H,11H2/t19-,21+/m0/s1. The minimum absolute atomic E-state index is 0.114. The molecular weight excluding hydrogens is 470 g/mol. The maximum atomic E-state index is 6.41. The minimum atomic E-state index is -0.310. The zero-order chi connectivity index (χ0) is 18.4. The average Bonchev–Trinajstić information content (AvgIpc) is 3.15. The largest absolute Gasteiger partial charge is 0.463 e. The van der Waals surface area contributed by atoms with Crippen LogP contribution in [0.5, 0.6) is 5.75 Å². The molecule has 0 aliphatic carbocycles. The number of fused-ring (bicyclic) bond motifs is 3. The van der Waals surface area contributed by atoms with Gasteiger partial charge in [0, 0.05) is 34.4 Å². The van der Waals surface area contributed by atoms with Gasteiger partial charge in [0.1, 0.15) is 5.75 Å². The van der Waals surface area contributed by atoms with Crippen molar-refractivity contribution in [1.29, 1.82) is 0 Å². The molecule has 0 bridgehead atoms. The number of hydrogen-bond acceptors (Lipinski definition) is 4. The molecule has 2 aliphatic rings. The van der Waals surface area contributed by atoms with Crippen molar-refractivity contribution in [2.45, 2.75) is 18.7 Å². The molecule has 0 fully saturated rings. The van der Waals surface area contributed by atoms with Gasteiger partial charge in [-0.1, -0.05) is 52.3 Å². The predicted octanol–water partition coefficient (Wildman–Crippen LogP) is 5.85. The van der Waals surface area contributed by atoms with Crippen LogP contribution in [0.4, 0.5) is 0 Å². The summed E-state index contributed by atoms with van der Waals surface area (Å²) in [5.41, 5.74) is 4.33. The van der Waals surface area contributed by atoms with Crippen LogP contribution in [0.25, 0.3) is 0 Å². The quantitative estimate of drug-likeness (QED) is 0.458. The molecule has 0 saturated carbocycles. The molecule has 0 saturated heterocycles. The lowest BCUT2D eigenvalue weighted by Crippen LogP contribution is -2.34. The van der Waals surface area contributed by atoms with E-state index in [0.29, 0.717) is 0 Å². The van der Waals surface area contributed by atoms with Crippen molar-refractivity contribution in [2.24, 2.45) is 5.10 Å². The molecule has 6 heteroatoms. The van der Waals surface area contributed by atoms with Crippen molar-refractivity contribution in [1.82, 2.24) is 9.99 Å². The zero-order valence-electron chi connectivity index (χ0n) is 14.2. The number of pyridine rings is 1. The van der Waals surface area contributed by atoms with Crippen LogP contribution in [0, 0.1) is 0 Å². The number of aromatic nitrogens is 1. The zero-order valence-corrected chi connectivity index (χ0v) is 17.4. The lowest BCUT2D eigenvalue weighted by atomic mass is 9.96.